The van der Waals surface area contributed by atoms with Crippen LogP contribution in [-0.4, -0.2) is 22.0 Å². The number of nitrogens with zero attached hydrogens (tertiary/aromatic N) is 1. The molecule has 0 aliphatic rings. The molecule has 4 aromatic rings. The van der Waals surface area contributed by atoms with Crippen LogP contribution < -0.4 is 16.8 Å². The van der Waals surface area contributed by atoms with Gasteiger partial charge in [-0.2, -0.15) is 0 Å². The van der Waals surface area contributed by atoms with E-state index in [1.807, 2.05) is 66.7 Å². The van der Waals surface area contributed by atoms with Gasteiger partial charge in [0.15, 0.2) is 0 Å². The van der Waals surface area contributed by atoms with E-state index in [1.165, 1.54) is 4.90 Å². The quantitative estimate of drug-likeness (QED) is 0.254. The van der Waals surface area contributed by atoms with Crippen molar-refractivity contribution >= 4 is 23.4 Å². The van der Waals surface area contributed by atoms with Crippen LogP contribution in [0.3, 0.4) is 0 Å². The highest BCUT2D eigenvalue weighted by molar-refractivity contribution is 6.06. The van der Waals surface area contributed by atoms with Crippen molar-refractivity contribution in [3.05, 3.63) is 119 Å². The van der Waals surface area contributed by atoms with Crippen LogP contribution in [0.5, 0.6) is 0 Å². The number of nitrogen functional groups attached to an aromatic ring is 1. The lowest BCUT2D eigenvalue weighted by molar-refractivity contribution is 0.102. The summed E-state index contributed by atoms with van der Waals surface area (Å²) in [6, 6.07) is 29.8. The Hall–Kier alpha value is -4.62. The molecule has 2 amide bonds. The summed E-state index contributed by atoms with van der Waals surface area (Å²) in [5.74, 6) is -0.298. The number of carbonyl (C=O) groups excluding carboxylic acids is 1. The summed E-state index contributed by atoms with van der Waals surface area (Å²) < 4.78 is 0. The standard InChI is InChI=1S/C29H28N4O3/c30-17-20-6-8-21(9-7-20)18-33(29(35)36)19-22-10-12-24(13-11-22)28(34)32-27-16-25(14-15-26(27)31)23-4-2-1-3-5-23/h1-16H,17-19,30-31H2,(H,32,34)(H,35,36). The molecule has 36 heavy (non-hydrogen) atoms. The Labute approximate surface area is 210 Å². The van der Waals surface area contributed by atoms with Crippen molar-refractivity contribution in [3.8, 4) is 11.1 Å². The molecule has 0 heterocycles. The second kappa shape index (κ2) is 11.2. The van der Waals surface area contributed by atoms with Crippen LogP contribution >= 0.6 is 0 Å². The minimum Gasteiger partial charge on any atom is -0.465 e. The summed E-state index contributed by atoms with van der Waals surface area (Å²) in [6.45, 7) is 0.884. The van der Waals surface area contributed by atoms with E-state index in [9.17, 15) is 14.7 Å². The summed E-state index contributed by atoms with van der Waals surface area (Å²) >= 11 is 0. The first-order chi connectivity index (χ1) is 17.4. The Morgan fingerprint density at radius 3 is 1.92 bits per heavy atom. The Balaban J connectivity index is 1.43. The third kappa shape index (κ3) is 6.08. The number of hydrogen-bond donors (Lipinski definition) is 4. The molecule has 0 saturated carbocycles. The molecule has 0 spiro atoms. The zero-order valence-corrected chi connectivity index (χ0v) is 19.7. The topological polar surface area (TPSA) is 122 Å². The maximum atomic E-state index is 12.9. The second-order valence-electron chi connectivity index (χ2n) is 8.48. The molecule has 0 saturated heterocycles. The number of rotatable bonds is 8. The molecule has 0 atom stereocenters. The van der Waals surface area contributed by atoms with E-state index in [0.29, 0.717) is 23.5 Å². The zero-order chi connectivity index (χ0) is 25.5. The van der Waals surface area contributed by atoms with Crippen molar-refractivity contribution in [2.75, 3.05) is 11.1 Å². The van der Waals surface area contributed by atoms with Crippen molar-refractivity contribution in [3.63, 3.8) is 0 Å². The predicted octanol–water partition coefficient (Wildman–Crippen LogP) is 5.33. The van der Waals surface area contributed by atoms with Gasteiger partial charge in [0, 0.05) is 25.2 Å². The van der Waals surface area contributed by atoms with E-state index < -0.39 is 6.09 Å². The molecule has 0 unspecified atom stereocenters. The number of nitrogens with one attached hydrogen (secondary N) is 1. The van der Waals surface area contributed by atoms with Crippen LogP contribution in [0, 0.1) is 0 Å². The number of amides is 2. The van der Waals surface area contributed by atoms with Crippen molar-refractivity contribution in [2.45, 2.75) is 19.6 Å². The molecule has 4 rings (SSSR count). The highest BCUT2D eigenvalue weighted by Crippen LogP contribution is 2.27. The fraction of sp³-hybridized carbons (Fsp3) is 0.103. The van der Waals surface area contributed by atoms with Gasteiger partial charge in [-0.15, -0.1) is 0 Å². The molecule has 7 nitrogen and oxygen atoms in total. The van der Waals surface area contributed by atoms with Crippen LogP contribution in [0.25, 0.3) is 11.1 Å². The van der Waals surface area contributed by atoms with Crippen LogP contribution in [0.4, 0.5) is 16.2 Å². The van der Waals surface area contributed by atoms with Gasteiger partial charge in [0.1, 0.15) is 0 Å². The second-order valence-corrected chi connectivity index (χ2v) is 8.48. The number of nitrogens with two attached hydrogens (primary N) is 2. The molecule has 6 N–H and O–H groups in total. The maximum absolute atomic E-state index is 12.9. The number of carbonyl (C=O) groups is 2. The number of hydrogen-bond acceptors (Lipinski definition) is 4. The third-order valence-corrected chi connectivity index (χ3v) is 5.90. The smallest absolute Gasteiger partial charge is 0.407 e. The number of anilines is 2. The van der Waals surface area contributed by atoms with Gasteiger partial charge in [-0.25, -0.2) is 4.79 Å². The first-order valence-electron chi connectivity index (χ1n) is 11.5. The summed E-state index contributed by atoms with van der Waals surface area (Å²) in [7, 11) is 0. The summed E-state index contributed by atoms with van der Waals surface area (Å²) in [4.78, 5) is 26.0. The van der Waals surface area contributed by atoms with Crippen molar-refractivity contribution in [1.82, 2.24) is 4.90 Å². The van der Waals surface area contributed by atoms with Crippen molar-refractivity contribution in [1.29, 1.82) is 0 Å². The fourth-order valence-electron chi connectivity index (χ4n) is 3.84. The van der Waals surface area contributed by atoms with Crippen molar-refractivity contribution in [2.24, 2.45) is 5.73 Å². The molecule has 0 aliphatic carbocycles. The molecular weight excluding hydrogens is 452 g/mol. The molecule has 4 aromatic carbocycles. The first-order valence-corrected chi connectivity index (χ1v) is 11.5. The van der Waals surface area contributed by atoms with Gasteiger partial charge in [-0.1, -0.05) is 72.8 Å². The van der Waals surface area contributed by atoms with Gasteiger partial charge in [0.25, 0.3) is 5.91 Å². The summed E-state index contributed by atoms with van der Waals surface area (Å²) in [6.07, 6.45) is -1.02. The summed E-state index contributed by atoms with van der Waals surface area (Å²) in [5.41, 5.74) is 17.8. The van der Waals surface area contributed by atoms with E-state index in [2.05, 4.69) is 5.32 Å². The Bertz CT molecular complexity index is 1340. The molecule has 0 radical (unpaired) electrons. The fourth-order valence-corrected chi connectivity index (χ4v) is 3.84. The molecule has 0 bridgehead atoms. The average Bonchev–Trinajstić information content (AvgIpc) is 2.90. The lowest BCUT2D eigenvalue weighted by atomic mass is 10.0. The Kier molecular flexibility index (Phi) is 7.63. The lowest BCUT2D eigenvalue weighted by Crippen LogP contribution is -2.28. The van der Waals surface area contributed by atoms with E-state index in [0.717, 1.165) is 27.8 Å². The summed E-state index contributed by atoms with van der Waals surface area (Å²) in [5, 5.41) is 12.5. The maximum Gasteiger partial charge on any atom is 0.407 e. The van der Waals surface area contributed by atoms with Gasteiger partial charge < -0.3 is 21.9 Å². The van der Waals surface area contributed by atoms with Crippen LogP contribution in [0.2, 0.25) is 0 Å². The van der Waals surface area contributed by atoms with Gasteiger partial charge in [-0.3, -0.25) is 9.69 Å². The van der Waals surface area contributed by atoms with Gasteiger partial charge in [0.2, 0.25) is 0 Å². The normalized spacial score (nSPS) is 10.6. The number of benzene rings is 4. The van der Waals surface area contributed by atoms with Crippen LogP contribution in [0.15, 0.2) is 97.1 Å². The third-order valence-electron chi connectivity index (χ3n) is 5.90. The highest BCUT2D eigenvalue weighted by atomic mass is 16.4. The first kappa shape index (κ1) is 24.5. The van der Waals surface area contributed by atoms with E-state index >= 15 is 0 Å². The monoisotopic (exact) mass is 480 g/mol. The Morgan fingerprint density at radius 2 is 1.33 bits per heavy atom. The van der Waals surface area contributed by atoms with E-state index in [1.54, 1.807) is 30.3 Å². The lowest BCUT2D eigenvalue weighted by Gasteiger charge is -2.20. The van der Waals surface area contributed by atoms with Crippen LogP contribution in [0.1, 0.15) is 27.0 Å². The van der Waals surface area contributed by atoms with E-state index in [4.69, 9.17) is 11.5 Å². The van der Waals surface area contributed by atoms with Crippen LogP contribution in [-0.2, 0) is 19.6 Å². The van der Waals surface area contributed by atoms with Gasteiger partial charge in [0.05, 0.1) is 11.4 Å². The molecule has 7 heteroatoms. The minimum atomic E-state index is -1.02. The SMILES string of the molecule is NCc1ccc(CN(Cc2ccc(C(=O)Nc3cc(-c4ccccc4)ccc3N)cc2)C(=O)O)cc1. The molecular formula is C29H28N4O3. The number of carboxylic acid groups (broad SMARTS) is 1. The zero-order valence-electron chi connectivity index (χ0n) is 19.7. The molecule has 0 fully saturated rings. The van der Waals surface area contributed by atoms with Gasteiger partial charge in [-0.05, 0) is 52.1 Å². The highest BCUT2D eigenvalue weighted by Gasteiger charge is 2.14. The average molecular weight is 481 g/mol. The van der Waals surface area contributed by atoms with Gasteiger partial charge >= 0.3 is 6.09 Å². The molecule has 0 aromatic heterocycles. The molecule has 0 aliphatic heterocycles. The Morgan fingerprint density at radius 1 is 0.750 bits per heavy atom. The largest absolute Gasteiger partial charge is 0.465 e. The molecule has 182 valence electrons. The van der Waals surface area contributed by atoms with E-state index in [-0.39, 0.29) is 19.0 Å². The minimum absolute atomic E-state index is 0.196. The van der Waals surface area contributed by atoms with Crippen molar-refractivity contribution < 1.29 is 14.7 Å². The predicted molar refractivity (Wildman–Crippen MR) is 142 cm³/mol.